The molecule has 0 saturated heterocycles. The Morgan fingerprint density at radius 3 is 0.925 bits per heavy atom. The summed E-state index contributed by atoms with van der Waals surface area (Å²) in [7, 11) is 0. The average Bonchev–Trinajstić information content (AvgIpc) is 3.47. The van der Waals surface area contributed by atoms with Crippen LogP contribution >= 0.6 is 81.2 Å². The molecule has 4 aromatic rings. The molecule has 0 spiro atoms. The number of hydrogen-bond acceptors (Lipinski definition) is 14. The first-order chi connectivity index (χ1) is 38.5. The number of carbonyl (C=O) groups is 7. The third-order valence-electron chi connectivity index (χ3n) is 10.6. The summed E-state index contributed by atoms with van der Waals surface area (Å²) in [4.78, 5) is 76.5. The van der Waals surface area contributed by atoms with Crippen LogP contribution in [0.25, 0.3) is 0 Å². The molecule has 21 heteroatoms. The second kappa shape index (κ2) is 56.1. The van der Waals surface area contributed by atoms with E-state index in [0.29, 0.717) is 25.7 Å². The number of halogens is 7. The minimum Gasteiger partial charge on any atom is -0.449 e. The lowest BCUT2D eigenvalue weighted by Gasteiger charge is -2.09. The van der Waals surface area contributed by atoms with E-state index in [9.17, 15) is 33.6 Å². The van der Waals surface area contributed by atoms with Gasteiger partial charge in [-0.15, -0.1) is 0 Å². The highest BCUT2D eigenvalue weighted by Gasteiger charge is 2.18. The minimum absolute atomic E-state index is 0.0229. The van der Waals surface area contributed by atoms with Gasteiger partial charge < -0.3 is 33.2 Å². The smallest absolute Gasteiger partial charge is 0.314 e. The molecule has 14 nitrogen and oxygen atoms in total. The lowest BCUT2D eigenvalue weighted by atomic mass is 10.0. The lowest BCUT2D eigenvalue weighted by molar-refractivity contribution is -0.147. The highest BCUT2D eigenvalue weighted by Crippen LogP contribution is 2.18. The Hall–Kier alpha value is -4.80. The number of ether oxygens (including phenoxy) is 7. The van der Waals surface area contributed by atoms with E-state index in [-0.39, 0.29) is 108 Å². The van der Waals surface area contributed by atoms with Gasteiger partial charge in [0.05, 0.1) is 23.7 Å². The SMILES string of the molecule is CC(C(=O)OCCl)c1ccccc1.CCC(CC)C(=O)OCCl.CCCC(=O)OCCl.CCCCCC(=O)OCCl.C[C@@H](C(=O)OCCl)c1ccccc1.C[C@H](C(=O)OCCl)c1ccccc1.O=C(CCc1ccccc1)OCCl. The second-order valence-electron chi connectivity index (χ2n) is 16.3. The van der Waals surface area contributed by atoms with E-state index in [4.69, 9.17) is 81.2 Å². The van der Waals surface area contributed by atoms with Gasteiger partial charge in [-0.3, -0.25) is 33.6 Å². The fourth-order valence-electron chi connectivity index (χ4n) is 5.98. The predicted octanol–water partition coefficient (Wildman–Crippen LogP) is 15.9. The number of hydrogen-bond donors (Lipinski definition) is 0. The zero-order chi connectivity index (χ0) is 60.8. The quantitative estimate of drug-likeness (QED) is 0.0264. The zero-order valence-corrected chi connectivity index (χ0v) is 52.0. The first-order valence-corrected chi connectivity index (χ1v) is 29.4. The Labute approximate surface area is 508 Å². The van der Waals surface area contributed by atoms with Crippen LogP contribution in [-0.4, -0.2) is 84.2 Å². The van der Waals surface area contributed by atoms with Gasteiger partial charge in [0.25, 0.3) is 0 Å². The zero-order valence-electron chi connectivity index (χ0n) is 46.7. The molecule has 448 valence electrons. The Kier molecular flexibility index (Phi) is 55.7. The fraction of sp³-hybridized carbons (Fsp3) is 0.475. The molecule has 0 aliphatic heterocycles. The highest BCUT2D eigenvalue weighted by atomic mass is 35.5. The van der Waals surface area contributed by atoms with Crippen molar-refractivity contribution >= 4 is 123 Å². The van der Waals surface area contributed by atoms with Gasteiger partial charge in [0, 0.05) is 19.3 Å². The maximum atomic E-state index is 11.2. The van der Waals surface area contributed by atoms with Crippen LogP contribution < -0.4 is 0 Å². The summed E-state index contributed by atoms with van der Waals surface area (Å²) in [5.74, 6) is -2.44. The molecular formula is C59H79Cl7O14. The van der Waals surface area contributed by atoms with Crippen LogP contribution in [0.2, 0.25) is 0 Å². The molecule has 4 rings (SSSR count). The van der Waals surface area contributed by atoms with Crippen molar-refractivity contribution in [1.82, 2.24) is 0 Å². The maximum absolute atomic E-state index is 11.2. The molecule has 0 saturated carbocycles. The van der Waals surface area contributed by atoms with E-state index in [0.717, 1.165) is 60.8 Å². The second-order valence-corrected chi connectivity index (χ2v) is 17.8. The van der Waals surface area contributed by atoms with E-state index in [2.05, 4.69) is 40.1 Å². The first kappa shape index (κ1) is 79.4. The Morgan fingerprint density at radius 2 is 0.637 bits per heavy atom. The van der Waals surface area contributed by atoms with Gasteiger partial charge in [0.1, 0.15) is 0 Å². The van der Waals surface area contributed by atoms with Crippen molar-refractivity contribution in [2.45, 2.75) is 130 Å². The summed E-state index contributed by atoms with van der Waals surface area (Å²) >= 11 is 36.6. The van der Waals surface area contributed by atoms with Crippen LogP contribution in [0.15, 0.2) is 121 Å². The largest absolute Gasteiger partial charge is 0.449 e. The molecule has 0 heterocycles. The molecule has 0 aromatic heterocycles. The molecule has 80 heavy (non-hydrogen) atoms. The number of rotatable bonds is 25. The number of benzene rings is 4. The van der Waals surface area contributed by atoms with Gasteiger partial charge in [-0.25, -0.2) is 0 Å². The molecule has 4 aromatic carbocycles. The van der Waals surface area contributed by atoms with E-state index >= 15 is 0 Å². The molecule has 0 fully saturated rings. The van der Waals surface area contributed by atoms with Crippen LogP contribution in [0.1, 0.15) is 146 Å². The third-order valence-corrected chi connectivity index (χ3v) is 11.4. The van der Waals surface area contributed by atoms with Gasteiger partial charge >= 0.3 is 41.8 Å². The summed E-state index contributed by atoms with van der Waals surface area (Å²) in [5, 5.41) is 0. The van der Waals surface area contributed by atoms with Gasteiger partial charge in [-0.2, -0.15) is 0 Å². The van der Waals surface area contributed by atoms with Gasteiger partial charge in [0.15, 0.2) is 42.5 Å². The highest BCUT2D eigenvalue weighted by molar-refractivity contribution is 6.19. The normalized spacial score (nSPS) is 10.8. The van der Waals surface area contributed by atoms with E-state index in [1.165, 1.54) is 0 Å². The number of alkyl halides is 7. The Bertz CT molecular complexity index is 2010. The van der Waals surface area contributed by atoms with Crippen molar-refractivity contribution in [3.8, 4) is 0 Å². The molecule has 1 unspecified atom stereocenters. The molecule has 0 aliphatic rings. The van der Waals surface area contributed by atoms with Crippen molar-refractivity contribution in [1.29, 1.82) is 0 Å². The summed E-state index contributed by atoms with van der Waals surface area (Å²) in [6.07, 6.45) is 7.63. The fourth-order valence-corrected chi connectivity index (χ4v) is 6.77. The molecule has 0 bridgehead atoms. The summed E-state index contributed by atoms with van der Waals surface area (Å²) in [6.45, 7) is 13.3. The van der Waals surface area contributed by atoms with E-state index in [1.54, 1.807) is 20.8 Å². The number of aryl methyl sites for hydroxylation is 1. The molecule has 0 radical (unpaired) electrons. The van der Waals surface area contributed by atoms with Gasteiger partial charge in [0.2, 0.25) is 0 Å². The van der Waals surface area contributed by atoms with Crippen LogP contribution in [0, 0.1) is 5.92 Å². The molecule has 3 atom stereocenters. The summed E-state index contributed by atoms with van der Waals surface area (Å²) in [6, 6.07) is 37.8. The Balaban J connectivity index is -0.000000870. The van der Waals surface area contributed by atoms with E-state index in [1.807, 2.05) is 142 Å². The molecule has 0 aliphatic carbocycles. The van der Waals surface area contributed by atoms with Crippen LogP contribution in [0.3, 0.4) is 0 Å². The number of unbranched alkanes of at least 4 members (excludes halogenated alkanes) is 2. The van der Waals surface area contributed by atoms with E-state index < -0.39 is 0 Å². The number of esters is 7. The number of carbonyl (C=O) groups excluding carboxylic acids is 7. The lowest BCUT2D eigenvalue weighted by Crippen LogP contribution is -2.15. The van der Waals surface area contributed by atoms with Crippen molar-refractivity contribution in [2.75, 3.05) is 42.5 Å². The maximum Gasteiger partial charge on any atom is 0.314 e. The van der Waals surface area contributed by atoms with Gasteiger partial charge in [-0.1, -0.05) is 243 Å². The van der Waals surface area contributed by atoms with Crippen LogP contribution in [0.4, 0.5) is 0 Å². The third kappa shape index (κ3) is 43.9. The monoisotopic (exact) mass is 1260 g/mol. The minimum atomic E-state index is -0.291. The average molecular weight is 1260 g/mol. The van der Waals surface area contributed by atoms with Crippen molar-refractivity contribution in [3.63, 3.8) is 0 Å². The Morgan fingerprint density at radius 1 is 0.350 bits per heavy atom. The van der Waals surface area contributed by atoms with Gasteiger partial charge in [-0.05, 0) is 75.1 Å². The van der Waals surface area contributed by atoms with Crippen molar-refractivity contribution < 1.29 is 66.7 Å². The topological polar surface area (TPSA) is 184 Å². The van der Waals surface area contributed by atoms with Crippen molar-refractivity contribution in [3.05, 3.63) is 144 Å². The molecule has 0 N–H and O–H groups in total. The van der Waals surface area contributed by atoms with Crippen LogP contribution in [-0.2, 0) is 73.1 Å². The molecular weight excluding hydrogens is 1180 g/mol. The summed E-state index contributed by atoms with van der Waals surface area (Å²) in [5.41, 5.74) is 3.96. The standard InChI is InChI=1S/4C10H11ClO2.2C7H13ClO2.C5H9ClO2/c3*1-8(10(12)13-7-11)9-5-3-2-4-6-9;11-8-13-10(12)7-6-9-4-2-1-3-5-9;1-3-6(4-2)7(9)10-5-8;1-2-3-4-5-7(9)10-6-8;1-2-3-5(7)8-4-6/h3*2-6,8H,7H2,1H3;1-5H,6-8H2;6H,3-5H2,1-2H3;2-6H2,1H3;2-4H2,1H3/t2*8-;;;;;/m10...../s1. The van der Waals surface area contributed by atoms with Crippen molar-refractivity contribution in [2.24, 2.45) is 5.92 Å². The molecule has 0 amide bonds. The summed E-state index contributed by atoms with van der Waals surface area (Å²) < 4.78 is 32.2. The first-order valence-electron chi connectivity index (χ1n) is 25.7. The van der Waals surface area contributed by atoms with Crippen LogP contribution in [0.5, 0.6) is 0 Å². The predicted molar refractivity (Wildman–Crippen MR) is 320 cm³/mol.